The van der Waals surface area contributed by atoms with E-state index in [9.17, 15) is 27.2 Å². The van der Waals surface area contributed by atoms with Gasteiger partial charge in [-0.15, -0.1) is 10.2 Å². The average molecular weight is 514 g/mol. The molecule has 2 aromatic heterocycles. The zero-order valence-corrected chi connectivity index (χ0v) is 19.0. The van der Waals surface area contributed by atoms with Crippen molar-refractivity contribution in [3.05, 3.63) is 88.8 Å². The lowest BCUT2D eigenvalue weighted by Crippen LogP contribution is -2.29. The van der Waals surface area contributed by atoms with Crippen molar-refractivity contribution in [2.45, 2.75) is 25.7 Å². The summed E-state index contributed by atoms with van der Waals surface area (Å²) in [5.41, 5.74) is -0.137. The van der Waals surface area contributed by atoms with Crippen molar-refractivity contribution < 1.29 is 27.2 Å². The van der Waals surface area contributed by atoms with E-state index in [1.54, 1.807) is 31.2 Å². The van der Waals surface area contributed by atoms with Crippen molar-refractivity contribution in [1.82, 2.24) is 41.2 Å². The van der Waals surface area contributed by atoms with Crippen molar-refractivity contribution >= 4 is 11.8 Å². The molecular formula is C23H18F4N8O2. The lowest BCUT2D eigenvalue weighted by Gasteiger charge is -2.14. The lowest BCUT2D eigenvalue weighted by molar-refractivity contribution is -0.140. The molecule has 1 atom stereocenters. The van der Waals surface area contributed by atoms with E-state index in [0.29, 0.717) is 18.0 Å². The van der Waals surface area contributed by atoms with Crippen molar-refractivity contribution in [3.8, 4) is 11.4 Å². The highest BCUT2D eigenvalue weighted by Gasteiger charge is 2.34. The lowest BCUT2D eigenvalue weighted by atomic mass is 10.1. The molecule has 0 aliphatic carbocycles. The summed E-state index contributed by atoms with van der Waals surface area (Å²) in [4.78, 5) is 32.9. The van der Waals surface area contributed by atoms with Gasteiger partial charge in [0, 0.05) is 18.2 Å². The quantitative estimate of drug-likeness (QED) is 0.322. The summed E-state index contributed by atoms with van der Waals surface area (Å²) in [5, 5.41) is 18.8. The Bertz CT molecular complexity index is 1410. The van der Waals surface area contributed by atoms with Crippen molar-refractivity contribution in [1.29, 1.82) is 0 Å². The number of aromatic nitrogens is 6. The van der Waals surface area contributed by atoms with E-state index in [4.69, 9.17) is 0 Å². The molecule has 4 aromatic rings. The van der Waals surface area contributed by atoms with Crippen LogP contribution in [-0.4, -0.2) is 42.4 Å². The van der Waals surface area contributed by atoms with E-state index in [1.165, 1.54) is 0 Å². The second kappa shape index (κ2) is 10.5. The highest BCUT2D eigenvalue weighted by atomic mass is 19.4. The molecule has 0 saturated carbocycles. The molecule has 4 rings (SSSR count). The van der Waals surface area contributed by atoms with Crippen LogP contribution in [-0.2, 0) is 12.7 Å². The van der Waals surface area contributed by atoms with E-state index in [2.05, 4.69) is 41.2 Å². The van der Waals surface area contributed by atoms with Crippen LogP contribution in [0.15, 0.2) is 54.9 Å². The standard InChI is InChI=1S/C23H18F4N8O2/c1-12(14-3-5-15(6-4-14)20-32-34-35-33-20)31-22(37)19-9-18(29-11-30-19)21(36)28-10-13-2-7-17(24)16(8-13)23(25,26)27/h2-9,11-12H,10H2,1H3,(H,28,36)(H,31,37)(H,32,33,34,35)/t12-/m0/s1. The molecule has 10 nitrogen and oxygen atoms in total. The maximum Gasteiger partial charge on any atom is 0.419 e. The number of nitrogens with one attached hydrogen (secondary N) is 3. The van der Waals surface area contributed by atoms with Gasteiger partial charge in [-0.2, -0.15) is 18.4 Å². The first-order chi connectivity index (χ1) is 17.6. The number of carbonyl (C=O) groups excluding carboxylic acids is 2. The van der Waals surface area contributed by atoms with E-state index in [1.807, 2.05) is 0 Å². The number of H-pyrrole nitrogens is 1. The zero-order valence-electron chi connectivity index (χ0n) is 19.0. The Morgan fingerprint density at radius 1 is 1.00 bits per heavy atom. The van der Waals surface area contributed by atoms with Crippen LogP contribution in [0.4, 0.5) is 17.6 Å². The summed E-state index contributed by atoms with van der Waals surface area (Å²) in [6.07, 6.45) is -3.85. The second-order valence-corrected chi connectivity index (χ2v) is 7.84. The molecule has 0 saturated heterocycles. The minimum atomic E-state index is -4.87. The topological polar surface area (TPSA) is 138 Å². The third-order valence-electron chi connectivity index (χ3n) is 5.28. The number of aromatic amines is 1. The minimum absolute atomic E-state index is 0.0354. The number of carbonyl (C=O) groups is 2. The van der Waals surface area contributed by atoms with Gasteiger partial charge in [-0.1, -0.05) is 30.3 Å². The summed E-state index contributed by atoms with van der Waals surface area (Å²) < 4.78 is 52.1. The van der Waals surface area contributed by atoms with Crippen LogP contribution in [0.2, 0.25) is 0 Å². The molecule has 0 aliphatic rings. The molecule has 14 heteroatoms. The first-order valence-electron chi connectivity index (χ1n) is 10.7. The van der Waals surface area contributed by atoms with Crippen LogP contribution in [0.3, 0.4) is 0 Å². The monoisotopic (exact) mass is 514 g/mol. The Morgan fingerprint density at radius 3 is 2.35 bits per heavy atom. The van der Waals surface area contributed by atoms with Gasteiger partial charge in [-0.25, -0.2) is 14.4 Å². The molecular weight excluding hydrogens is 496 g/mol. The third-order valence-corrected chi connectivity index (χ3v) is 5.28. The van der Waals surface area contributed by atoms with Crippen LogP contribution in [0.1, 0.15) is 50.6 Å². The average Bonchev–Trinajstić information content (AvgIpc) is 3.42. The molecule has 3 N–H and O–H groups in total. The van der Waals surface area contributed by atoms with E-state index >= 15 is 0 Å². The number of benzene rings is 2. The first kappa shape index (κ1) is 25.3. The number of halogens is 4. The summed E-state index contributed by atoms with van der Waals surface area (Å²) in [7, 11) is 0. The van der Waals surface area contributed by atoms with Crippen LogP contribution < -0.4 is 10.6 Å². The van der Waals surface area contributed by atoms with Gasteiger partial charge in [0.1, 0.15) is 23.5 Å². The molecule has 0 spiro atoms. The molecule has 0 aliphatic heterocycles. The number of hydrogen-bond donors (Lipinski definition) is 3. The first-order valence-corrected chi connectivity index (χ1v) is 10.7. The third kappa shape index (κ3) is 6.09. The van der Waals surface area contributed by atoms with Gasteiger partial charge in [0.05, 0.1) is 11.6 Å². The predicted octanol–water partition coefficient (Wildman–Crippen LogP) is 3.24. The molecule has 0 unspecified atom stereocenters. The molecule has 2 amide bonds. The Balaban J connectivity index is 1.38. The number of hydrogen-bond acceptors (Lipinski definition) is 7. The van der Waals surface area contributed by atoms with E-state index in [-0.39, 0.29) is 23.5 Å². The van der Waals surface area contributed by atoms with Gasteiger partial charge >= 0.3 is 6.18 Å². The van der Waals surface area contributed by atoms with Gasteiger partial charge in [-0.3, -0.25) is 9.59 Å². The van der Waals surface area contributed by atoms with Gasteiger partial charge in [0.15, 0.2) is 0 Å². The molecule has 2 heterocycles. The number of amides is 2. The Morgan fingerprint density at radius 2 is 1.70 bits per heavy atom. The van der Waals surface area contributed by atoms with Crippen LogP contribution in [0.5, 0.6) is 0 Å². The molecule has 0 fully saturated rings. The number of tetrazole rings is 1. The summed E-state index contributed by atoms with van der Waals surface area (Å²) >= 11 is 0. The maximum atomic E-state index is 13.5. The fourth-order valence-corrected chi connectivity index (χ4v) is 3.34. The van der Waals surface area contributed by atoms with Crippen molar-refractivity contribution in [2.24, 2.45) is 0 Å². The smallest absolute Gasteiger partial charge is 0.347 e. The highest BCUT2D eigenvalue weighted by Crippen LogP contribution is 2.31. The molecule has 2 aromatic carbocycles. The zero-order chi connectivity index (χ0) is 26.6. The number of alkyl halides is 3. The largest absolute Gasteiger partial charge is 0.419 e. The Kier molecular flexibility index (Phi) is 7.18. The summed E-state index contributed by atoms with van der Waals surface area (Å²) in [5.74, 6) is -2.31. The van der Waals surface area contributed by atoms with Gasteiger partial charge < -0.3 is 10.6 Å². The fraction of sp³-hybridized carbons (Fsp3) is 0.174. The molecule has 0 bridgehead atoms. The minimum Gasteiger partial charge on any atom is -0.347 e. The summed E-state index contributed by atoms with van der Waals surface area (Å²) in [6.45, 7) is 1.44. The Labute approximate surface area is 206 Å². The van der Waals surface area contributed by atoms with E-state index in [0.717, 1.165) is 29.6 Å². The molecule has 37 heavy (non-hydrogen) atoms. The molecule has 0 radical (unpaired) electrons. The van der Waals surface area contributed by atoms with Crippen LogP contribution in [0.25, 0.3) is 11.4 Å². The summed E-state index contributed by atoms with van der Waals surface area (Å²) in [6, 6.07) is 10.3. The van der Waals surface area contributed by atoms with Gasteiger partial charge in [0.25, 0.3) is 11.8 Å². The van der Waals surface area contributed by atoms with Crippen LogP contribution in [0, 0.1) is 5.82 Å². The highest BCUT2D eigenvalue weighted by molar-refractivity contribution is 5.97. The van der Waals surface area contributed by atoms with E-state index < -0.39 is 35.4 Å². The molecule has 190 valence electrons. The Hall–Kier alpha value is -4.75. The number of nitrogens with zero attached hydrogens (tertiary/aromatic N) is 5. The fourth-order valence-electron chi connectivity index (χ4n) is 3.34. The van der Waals surface area contributed by atoms with Crippen molar-refractivity contribution in [2.75, 3.05) is 0 Å². The maximum absolute atomic E-state index is 13.5. The van der Waals surface area contributed by atoms with Gasteiger partial charge in [-0.05, 0) is 35.4 Å². The normalized spacial score (nSPS) is 12.1. The van der Waals surface area contributed by atoms with Gasteiger partial charge in [0.2, 0.25) is 5.82 Å². The van der Waals surface area contributed by atoms with Crippen molar-refractivity contribution in [3.63, 3.8) is 0 Å². The number of rotatable bonds is 7. The SMILES string of the molecule is C[C@H](NC(=O)c1cc(C(=O)NCc2ccc(F)c(C(F)(F)F)c2)ncn1)c1ccc(-c2nn[nH]n2)cc1. The predicted molar refractivity (Wildman–Crippen MR) is 120 cm³/mol. The second-order valence-electron chi connectivity index (χ2n) is 7.84. The van der Waals surface area contributed by atoms with Crippen LogP contribution >= 0.6 is 0 Å².